The van der Waals surface area contributed by atoms with E-state index in [1.54, 1.807) is 18.3 Å². The Bertz CT molecular complexity index is 1280. The predicted octanol–water partition coefficient (Wildman–Crippen LogP) is 2.72. The summed E-state index contributed by atoms with van der Waals surface area (Å²) in [6.45, 7) is 0.470. The van der Waals surface area contributed by atoms with Crippen molar-refractivity contribution in [2.75, 3.05) is 24.3 Å². The average Bonchev–Trinajstić information content (AvgIpc) is 3.17. The van der Waals surface area contributed by atoms with Gasteiger partial charge in [0.15, 0.2) is 11.5 Å². The minimum Gasteiger partial charge on any atom is -0.378 e. The zero-order valence-electron chi connectivity index (χ0n) is 16.6. The van der Waals surface area contributed by atoms with E-state index in [4.69, 9.17) is 5.14 Å². The number of benzene rings is 2. The first-order valence-electron chi connectivity index (χ1n) is 9.28. The third-order valence-corrected chi connectivity index (χ3v) is 5.75. The third kappa shape index (κ3) is 3.98. The minimum absolute atomic E-state index is 0.0876. The Kier molecular flexibility index (Phi) is 5.15. The van der Waals surface area contributed by atoms with E-state index >= 15 is 0 Å². The molecule has 2 heterocycles. The zero-order valence-corrected chi connectivity index (χ0v) is 17.5. The van der Waals surface area contributed by atoms with Crippen LogP contribution >= 0.6 is 0 Å². The molecule has 0 saturated heterocycles. The van der Waals surface area contributed by atoms with Gasteiger partial charge in [-0.25, -0.2) is 23.5 Å². The first kappa shape index (κ1) is 19.9. The van der Waals surface area contributed by atoms with Crippen molar-refractivity contribution in [3.63, 3.8) is 0 Å². The van der Waals surface area contributed by atoms with Crippen molar-refractivity contribution in [2.45, 2.75) is 11.4 Å². The van der Waals surface area contributed by atoms with Crippen molar-refractivity contribution < 1.29 is 8.42 Å². The number of aromatic nitrogens is 3. The van der Waals surface area contributed by atoms with Gasteiger partial charge in [-0.2, -0.15) is 0 Å². The van der Waals surface area contributed by atoms with Crippen molar-refractivity contribution in [1.29, 1.82) is 0 Å². The Hall–Kier alpha value is -3.43. The molecule has 30 heavy (non-hydrogen) atoms. The van der Waals surface area contributed by atoms with Crippen LogP contribution in [0.1, 0.15) is 5.56 Å². The quantitative estimate of drug-likeness (QED) is 0.495. The van der Waals surface area contributed by atoms with Crippen LogP contribution in [0.3, 0.4) is 0 Å². The fourth-order valence-electron chi connectivity index (χ4n) is 3.17. The van der Waals surface area contributed by atoms with E-state index in [-0.39, 0.29) is 4.90 Å². The summed E-state index contributed by atoms with van der Waals surface area (Å²) in [6.07, 6.45) is 5.43. The highest BCUT2D eigenvalue weighted by atomic mass is 32.2. The molecule has 0 atom stereocenters. The van der Waals surface area contributed by atoms with Crippen LogP contribution in [0, 0.1) is 0 Å². The predicted molar refractivity (Wildman–Crippen MR) is 118 cm³/mol. The lowest BCUT2D eigenvalue weighted by Crippen LogP contribution is -2.12. The van der Waals surface area contributed by atoms with Crippen molar-refractivity contribution in [3.05, 3.63) is 72.7 Å². The molecule has 0 radical (unpaired) electrons. The van der Waals surface area contributed by atoms with Crippen LogP contribution in [0.15, 0.2) is 72.0 Å². The molecule has 0 aliphatic carbocycles. The first-order valence-corrected chi connectivity index (χ1v) is 10.8. The molecule has 0 unspecified atom stereocenters. The molecule has 2 aromatic carbocycles. The highest BCUT2D eigenvalue weighted by Gasteiger charge is 2.11. The fraction of sp³-hybridized carbons (Fsp3) is 0.143. The van der Waals surface area contributed by atoms with Gasteiger partial charge in [0.05, 0.1) is 16.8 Å². The SMILES string of the molecule is CN(C)c1ccc(-c2cnc3c(NCc4ccc(S(N)(=O)=O)cc4)nccn23)cc1. The van der Waals surface area contributed by atoms with Gasteiger partial charge < -0.3 is 10.2 Å². The van der Waals surface area contributed by atoms with Gasteiger partial charge >= 0.3 is 0 Å². The van der Waals surface area contributed by atoms with Crippen LogP contribution in [0.4, 0.5) is 11.5 Å². The highest BCUT2D eigenvalue weighted by Crippen LogP contribution is 2.25. The Morgan fingerprint density at radius 2 is 1.73 bits per heavy atom. The lowest BCUT2D eigenvalue weighted by molar-refractivity contribution is 0.598. The van der Waals surface area contributed by atoms with Gasteiger partial charge in [-0.05, 0) is 29.8 Å². The summed E-state index contributed by atoms with van der Waals surface area (Å²) in [6, 6.07) is 14.7. The number of rotatable bonds is 6. The highest BCUT2D eigenvalue weighted by molar-refractivity contribution is 7.89. The smallest absolute Gasteiger partial charge is 0.238 e. The molecule has 0 bridgehead atoms. The molecule has 0 amide bonds. The number of nitrogens with one attached hydrogen (secondary N) is 1. The molecule has 154 valence electrons. The number of hydrogen-bond acceptors (Lipinski definition) is 6. The number of anilines is 2. The summed E-state index contributed by atoms with van der Waals surface area (Å²) in [7, 11) is 0.323. The molecule has 4 aromatic rings. The van der Waals surface area contributed by atoms with Gasteiger partial charge in [-0.15, -0.1) is 0 Å². The standard InChI is InChI=1S/C21H22N6O2S/c1-26(2)17-7-5-16(6-8-17)19-14-25-21-20(23-11-12-27(19)21)24-13-15-3-9-18(10-4-15)30(22,28)29/h3-12,14H,13H2,1-2H3,(H,23,24)(H2,22,28,29). The maximum Gasteiger partial charge on any atom is 0.238 e. The Labute approximate surface area is 175 Å². The van der Waals surface area contributed by atoms with E-state index < -0.39 is 10.0 Å². The number of nitrogens with two attached hydrogens (primary N) is 1. The van der Waals surface area contributed by atoms with Crippen LogP contribution in [-0.4, -0.2) is 36.9 Å². The van der Waals surface area contributed by atoms with E-state index in [0.29, 0.717) is 18.0 Å². The van der Waals surface area contributed by atoms with Gasteiger partial charge in [0.1, 0.15) is 0 Å². The molecule has 0 fully saturated rings. The number of hydrogen-bond donors (Lipinski definition) is 2. The largest absolute Gasteiger partial charge is 0.378 e. The topological polar surface area (TPSA) is 106 Å². The van der Waals surface area contributed by atoms with Gasteiger partial charge in [0, 0.05) is 44.3 Å². The number of nitrogens with zero attached hydrogens (tertiary/aromatic N) is 4. The molecule has 9 heteroatoms. The number of primary sulfonamides is 1. The molecule has 0 aliphatic rings. The van der Waals surface area contributed by atoms with Crippen LogP contribution in [0.5, 0.6) is 0 Å². The molecular formula is C21H22N6O2S. The van der Waals surface area contributed by atoms with E-state index in [2.05, 4.69) is 44.5 Å². The van der Waals surface area contributed by atoms with Crippen molar-refractivity contribution >= 4 is 27.2 Å². The second-order valence-electron chi connectivity index (χ2n) is 7.10. The van der Waals surface area contributed by atoms with E-state index in [9.17, 15) is 8.42 Å². The molecular weight excluding hydrogens is 400 g/mol. The summed E-state index contributed by atoms with van der Waals surface area (Å²) < 4.78 is 24.7. The Morgan fingerprint density at radius 3 is 2.37 bits per heavy atom. The monoisotopic (exact) mass is 422 g/mol. The molecule has 3 N–H and O–H groups in total. The van der Waals surface area contributed by atoms with Gasteiger partial charge in [0.2, 0.25) is 10.0 Å². The van der Waals surface area contributed by atoms with Crippen LogP contribution < -0.4 is 15.4 Å². The Balaban J connectivity index is 1.57. The summed E-state index contributed by atoms with van der Waals surface area (Å²) in [4.78, 5) is 11.1. The number of sulfonamides is 1. The average molecular weight is 423 g/mol. The lowest BCUT2D eigenvalue weighted by atomic mass is 10.1. The summed E-state index contributed by atoms with van der Waals surface area (Å²) >= 11 is 0. The number of imidazole rings is 1. The van der Waals surface area contributed by atoms with Crippen LogP contribution in [0.25, 0.3) is 16.9 Å². The molecule has 0 saturated carbocycles. The molecule has 0 spiro atoms. The van der Waals surface area contributed by atoms with Crippen LogP contribution in [-0.2, 0) is 16.6 Å². The van der Waals surface area contributed by atoms with Gasteiger partial charge in [-0.3, -0.25) is 4.40 Å². The summed E-state index contributed by atoms with van der Waals surface area (Å²) in [5.74, 6) is 0.643. The van der Waals surface area contributed by atoms with Crippen molar-refractivity contribution in [2.24, 2.45) is 5.14 Å². The second-order valence-corrected chi connectivity index (χ2v) is 8.66. The second kappa shape index (κ2) is 7.77. The zero-order chi connectivity index (χ0) is 21.3. The van der Waals surface area contributed by atoms with Gasteiger partial charge in [0.25, 0.3) is 0 Å². The fourth-order valence-corrected chi connectivity index (χ4v) is 3.69. The first-order chi connectivity index (χ1) is 14.3. The minimum atomic E-state index is -3.70. The number of fused-ring (bicyclic) bond motifs is 1. The van der Waals surface area contributed by atoms with E-state index in [1.807, 2.05) is 30.9 Å². The maximum atomic E-state index is 11.4. The summed E-state index contributed by atoms with van der Waals surface area (Å²) in [5.41, 5.74) is 4.77. The summed E-state index contributed by atoms with van der Waals surface area (Å²) in [5, 5.41) is 8.41. The molecule has 4 rings (SSSR count). The normalized spacial score (nSPS) is 11.6. The Morgan fingerprint density at radius 1 is 1.03 bits per heavy atom. The lowest BCUT2D eigenvalue weighted by Gasteiger charge is -2.12. The van der Waals surface area contributed by atoms with Gasteiger partial charge in [-0.1, -0.05) is 24.3 Å². The molecule has 8 nitrogen and oxygen atoms in total. The molecule has 2 aromatic heterocycles. The van der Waals surface area contributed by atoms with E-state index in [0.717, 1.165) is 22.5 Å². The molecule has 0 aliphatic heterocycles. The third-order valence-electron chi connectivity index (χ3n) is 4.82. The van der Waals surface area contributed by atoms with Crippen molar-refractivity contribution in [3.8, 4) is 11.3 Å². The van der Waals surface area contributed by atoms with Crippen LogP contribution in [0.2, 0.25) is 0 Å². The van der Waals surface area contributed by atoms with E-state index in [1.165, 1.54) is 12.1 Å². The van der Waals surface area contributed by atoms with Crippen molar-refractivity contribution in [1.82, 2.24) is 14.4 Å². The maximum absolute atomic E-state index is 11.4.